The molecule has 0 spiro atoms. The molecule has 0 radical (unpaired) electrons. The normalized spacial score (nSPS) is 29.0. The number of hydrogen-bond acceptors (Lipinski definition) is 2. The van der Waals surface area contributed by atoms with Crippen molar-refractivity contribution in [3.8, 4) is 0 Å². The predicted octanol–water partition coefficient (Wildman–Crippen LogP) is 3.13. The Bertz CT molecular complexity index is 159. The summed E-state index contributed by atoms with van der Waals surface area (Å²) >= 11 is 0. The first kappa shape index (κ1) is 13.0. The maximum absolute atomic E-state index is 9.00. The van der Waals surface area contributed by atoms with Crippen LogP contribution in [-0.4, -0.2) is 23.9 Å². The van der Waals surface area contributed by atoms with Crippen LogP contribution < -0.4 is 0 Å². The molecular formula is C13H26O2. The third kappa shape index (κ3) is 4.52. The van der Waals surface area contributed by atoms with Gasteiger partial charge in [-0.1, -0.05) is 32.6 Å². The van der Waals surface area contributed by atoms with E-state index >= 15 is 0 Å². The van der Waals surface area contributed by atoms with Gasteiger partial charge in [-0.05, 0) is 32.1 Å². The maximum atomic E-state index is 9.00. The summed E-state index contributed by atoms with van der Waals surface area (Å²) in [6, 6.07) is 0. The van der Waals surface area contributed by atoms with Crippen molar-refractivity contribution in [1.82, 2.24) is 0 Å². The Kier molecular flexibility index (Phi) is 6.26. The fraction of sp³-hybridized carbons (Fsp3) is 1.00. The molecule has 2 nitrogen and oxygen atoms in total. The van der Waals surface area contributed by atoms with E-state index in [0.29, 0.717) is 6.10 Å². The molecule has 1 aliphatic carbocycles. The highest BCUT2D eigenvalue weighted by Crippen LogP contribution is 2.31. The minimum atomic E-state index is 0.0113. The molecule has 15 heavy (non-hydrogen) atoms. The van der Waals surface area contributed by atoms with Crippen LogP contribution in [0, 0.1) is 5.92 Å². The van der Waals surface area contributed by atoms with Gasteiger partial charge in [0.15, 0.2) is 0 Å². The molecule has 0 aromatic carbocycles. The maximum Gasteiger partial charge on any atom is 0.0781 e. The van der Waals surface area contributed by atoms with E-state index in [1.165, 1.54) is 44.9 Å². The van der Waals surface area contributed by atoms with Crippen LogP contribution in [0.2, 0.25) is 0 Å². The lowest BCUT2D eigenvalue weighted by atomic mass is 9.83. The molecule has 1 rings (SSSR count). The average molecular weight is 214 g/mol. The van der Waals surface area contributed by atoms with Crippen LogP contribution in [0.3, 0.4) is 0 Å². The first-order valence-corrected chi connectivity index (χ1v) is 6.54. The van der Waals surface area contributed by atoms with Gasteiger partial charge in [0, 0.05) is 0 Å². The molecule has 0 heterocycles. The Hall–Kier alpha value is -0.0800. The standard InChI is InChI=1S/C13H26O2/c1-3-4-7-12-8-5-6-9-13(12)15-11(2)10-14/h11-14H,3-10H2,1-2H3. The Morgan fingerprint density at radius 2 is 2.07 bits per heavy atom. The largest absolute Gasteiger partial charge is 0.394 e. The number of unbranched alkanes of at least 4 members (excludes halogenated alkanes) is 1. The Labute approximate surface area is 94.0 Å². The van der Waals surface area contributed by atoms with Crippen molar-refractivity contribution in [2.45, 2.75) is 71.0 Å². The SMILES string of the molecule is CCCCC1CCCCC1OC(C)CO. The number of hydrogen-bond donors (Lipinski definition) is 1. The molecule has 2 heteroatoms. The van der Waals surface area contributed by atoms with Crippen LogP contribution in [0.4, 0.5) is 0 Å². The predicted molar refractivity (Wildman–Crippen MR) is 62.9 cm³/mol. The lowest BCUT2D eigenvalue weighted by Gasteiger charge is -2.33. The van der Waals surface area contributed by atoms with Crippen molar-refractivity contribution < 1.29 is 9.84 Å². The highest BCUT2D eigenvalue weighted by molar-refractivity contribution is 4.76. The molecular weight excluding hydrogens is 188 g/mol. The minimum Gasteiger partial charge on any atom is -0.394 e. The van der Waals surface area contributed by atoms with Crippen LogP contribution in [0.1, 0.15) is 58.8 Å². The van der Waals surface area contributed by atoms with Gasteiger partial charge in [-0.3, -0.25) is 0 Å². The van der Waals surface area contributed by atoms with Crippen molar-refractivity contribution in [3.05, 3.63) is 0 Å². The van der Waals surface area contributed by atoms with E-state index in [9.17, 15) is 0 Å². The second-order valence-corrected chi connectivity index (χ2v) is 4.85. The zero-order valence-electron chi connectivity index (χ0n) is 10.2. The van der Waals surface area contributed by atoms with Crippen LogP contribution in [0.5, 0.6) is 0 Å². The summed E-state index contributed by atoms with van der Waals surface area (Å²) in [4.78, 5) is 0. The summed E-state index contributed by atoms with van der Waals surface area (Å²) in [7, 11) is 0. The zero-order chi connectivity index (χ0) is 11.1. The Balaban J connectivity index is 2.35. The van der Waals surface area contributed by atoms with E-state index in [1.807, 2.05) is 6.92 Å². The fourth-order valence-electron chi connectivity index (χ4n) is 2.49. The average Bonchev–Trinajstić information content (AvgIpc) is 2.28. The molecule has 1 N–H and O–H groups in total. The van der Waals surface area contributed by atoms with Crippen molar-refractivity contribution in [2.75, 3.05) is 6.61 Å². The zero-order valence-corrected chi connectivity index (χ0v) is 10.2. The molecule has 90 valence electrons. The van der Waals surface area contributed by atoms with E-state index in [2.05, 4.69) is 6.92 Å². The quantitative estimate of drug-likeness (QED) is 0.736. The molecule has 0 bridgehead atoms. The van der Waals surface area contributed by atoms with Crippen molar-refractivity contribution in [3.63, 3.8) is 0 Å². The van der Waals surface area contributed by atoms with E-state index in [1.54, 1.807) is 0 Å². The summed E-state index contributed by atoms with van der Waals surface area (Å²) in [5, 5.41) is 9.00. The number of rotatable bonds is 6. The molecule has 1 aliphatic rings. The fourth-order valence-corrected chi connectivity index (χ4v) is 2.49. The molecule has 1 fully saturated rings. The van der Waals surface area contributed by atoms with Crippen LogP contribution >= 0.6 is 0 Å². The van der Waals surface area contributed by atoms with Gasteiger partial charge < -0.3 is 9.84 Å². The monoisotopic (exact) mass is 214 g/mol. The van der Waals surface area contributed by atoms with Gasteiger partial charge in [0.05, 0.1) is 18.8 Å². The molecule has 3 unspecified atom stereocenters. The molecule has 0 saturated heterocycles. The highest BCUT2D eigenvalue weighted by atomic mass is 16.5. The number of aliphatic hydroxyl groups excluding tert-OH is 1. The van der Waals surface area contributed by atoms with Gasteiger partial charge in [-0.15, -0.1) is 0 Å². The third-order valence-corrected chi connectivity index (χ3v) is 3.43. The van der Waals surface area contributed by atoms with Gasteiger partial charge in [-0.25, -0.2) is 0 Å². The van der Waals surface area contributed by atoms with E-state index in [0.717, 1.165) is 5.92 Å². The molecule has 0 aliphatic heterocycles. The third-order valence-electron chi connectivity index (χ3n) is 3.43. The Morgan fingerprint density at radius 3 is 2.73 bits per heavy atom. The minimum absolute atomic E-state index is 0.0113. The van der Waals surface area contributed by atoms with Crippen molar-refractivity contribution in [2.24, 2.45) is 5.92 Å². The molecule has 0 aromatic rings. The van der Waals surface area contributed by atoms with Crippen LogP contribution in [-0.2, 0) is 4.74 Å². The number of aliphatic hydroxyl groups is 1. The van der Waals surface area contributed by atoms with Crippen molar-refractivity contribution >= 4 is 0 Å². The lowest BCUT2D eigenvalue weighted by Crippen LogP contribution is -2.32. The summed E-state index contributed by atoms with van der Waals surface area (Å²) in [5.41, 5.74) is 0. The second kappa shape index (κ2) is 7.24. The van der Waals surface area contributed by atoms with Crippen LogP contribution in [0.15, 0.2) is 0 Å². The topological polar surface area (TPSA) is 29.5 Å². The lowest BCUT2D eigenvalue weighted by molar-refractivity contribution is -0.0721. The van der Waals surface area contributed by atoms with Crippen molar-refractivity contribution in [1.29, 1.82) is 0 Å². The van der Waals surface area contributed by atoms with E-state index in [-0.39, 0.29) is 12.7 Å². The van der Waals surface area contributed by atoms with Gasteiger partial charge in [0.2, 0.25) is 0 Å². The van der Waals surface area contributed by atoms with Crippen LogP contribution in [0.25, 0.3) is 0 Å². The van der Waals surface area contributed by atoms with Gasteiger partial charge in [-0.2, -0.15) is 0 Å². The smallest absolute Gasteiger partial charge is 0.0781 e. The summed E-state index contributed by atoms with van der Waals surface area (Å²) in [6.07, 6.45) is 9.50. The Morgan fingerprint density at radius 1 is 1.33 bits per heavy atom. The summed E-state index contributed by atoms with van der Waals surface area (Å²) in [6.45, 7) is 4.36. The highest BCUT2D eigenvalue weighted by Gasteiger charge is 2.26. The van der Waals surface area contributed by atoms with Gasteiger partial charge >= 0.3 is 0 Å². The van der Waals surface area contributed by atoms with E-state index in [4.69, 9.17) is 9.84 Å². The molecule has 0 aromatic heterocycles. The second-order valence-electron chi connectivity index (χ2n) is 4.85. The molecule has 1 saturated carbocycles. The number of ether oxygens (including phenoxy) is 1. The molecule has 0 amide bonds. The first-order valence-electron chi connectivity index (χ1n) is 6.54. The summed E-state index contributed by atoms with van der Waals surface area (Å²) in [5.74, 6) is 0.743. The van der Waals surface area contributed by atoms with Gasteiger partial charge in [0.25, 0.3) is 0 Å². The summed E-state index contributed by atoms with van der Waals surface area (Å²) < 4.78 is 5.90. The molecule has 3 atom stereocenters. The van der Waals surface area contributed by atoms with Gasteiger partial charge in [0.1, 0.15) is 0 Å². The van der Waals surface area contributed by atoms with E-state index < -0.39 is 0 Å². The first-order chi connectivity index (χ1) is 7.27.